The zero-order chi connectivity index (χ0) is 11.6. The first kappa shape index (κ1) is 11.6. The summed E-state index contributed by atoms with van der Waals surface area (Å²) in [6.45, 7) is 0.581. The highest BCUT2D eigenvalue weighted by Crippen LogP contribution is 2.13. The Morgan fingerprint density at radius 2 is 1.94 bits per heavy atom. The number of benzene rings is 1. The molecule has 0 saturated carbocycles. The zero-order valence-corrected chi connectivity index (χ0v) is 9.65. The zero-order valence-electron chi connectivity index (χ0n) is 8.83. The van der Waals surface area contributed by atoms with Gasteiger partial charge in [-0.05, 0) is 5.56 Å². The number of aliphatic hydroxyl groups excluding tert-OH is 1. The van der Waals surface area contributed by atoms with Crippen molar-refractivity contribution in [1.82, 2.24) is 5.32 Å². The van der Waals surface area contributed by atoms with E-state index in [4.69, 9.17) is 0 Å². The van der Waals surface area contributed by atoms with E-state index in [0.29, 0.717) is 6.54 Å². The smallest absolute Gasteiger partial charge is 0.154 e. The third-order valence-corrected chi connectivity index (χ3v) is 4.45. The van der Waals surface area contributed by atoms with Gasteiger partial charge in [0.15, 0.2) is 9.84 Å². The van der Waals surface area contributed by atoms with E-state index in [9.17, 15) is 13.5 Å². The molecule has 16 heavy (non-hydrogen) atoms. The molecular weight excluding hydrogens is 226 g/mol. The third-order valence-electron chi connectivity index (χ3n) is 2.73. The molecule has 1 aliphatic heterocycles. The van der Waals surface area contributed by atoms with E-state index in [1.807, 2.05) is 30.3 Å². The van der Waals surface area contributed by atoms with Gasteiger partial charge in [0, 0.05) is 12.6 Å². The molecule has 2 atom stereocenters. The Hall–Kier alpha value is -0.910. The molecule has 1 aromatic carbocycles. The van der Waals surface area contributed by atoms with Crippen molar-refractivity contribution in [1.29, 1.82) is 0 Å². The molecule has 0 radical (unpaired) electrons. The third kappa shape index (κ3) is 2.81. The van der Waals surface area contributed by atoms with E-state index in [2.05, 4.69) is 5.32 Å². The van der Waals surface area contributed by atoms with Crippen LogP contribution in [-0.4, -0.2) is 37.2 Å². The second-order valence-electron chi connectivity index (χ2n) is 4.12. The van der Waals surface area contributed by atoms with E-state index in [-0.39, 0.29) is 17.5 Å². The number of nitrogens with one attached hydrogen (secondary N) is 1. The predicted octanol–water partition coefficient (Wildman–Crippen LogP) is -0.0659. The van der Waals surface area contributed by atoms with E-state index in [0.717, 1.165) is 5.56 Å². The summed E-state index contributed by atoms with van der Waals surface area (Å²) in [5, 5.41) is 12.6. The van der Waals surface area contributed by atoms with Gasteiger partial charge in [0.2, 0.25) is 0 Å². The van der Waals surface area contributed by atoms with Gasteiger partial charge in [0.05, 0.1) is 17.6 Å². The lowest BCUT2D eigenvalue weighted by molar-refractivity contribution is 0.165. The fourth-order valence-electron chi connectivity index (χ4n) is 1.87. The van der Waals surface area contributed by atoms with Crippen LogP contribution >= 0.6 is 0 Å². The van der Waals surface area contributed by atoms with Crippen molar-refractivity contribution in [3.05, 3.63) is 35.9 Å². The van der Waals surface area contributed by atoms with Crippen molar-refractivity contribution < 1.29 is 13.5 Å². The van der Waals surface area contributed by atoms with E-state index >= 15 is 0 Å². The van der Waals surface area contributed by atoms with Crippen LogP contribution < -0.4 is 5.32 Å². The first-order valence-electron chi connectivity index (χ1n) is 5.23. The number of rotatable bonds is 3. The van der Waals surface area contributed by atoms with Crippen LogP contribution in [0.2, 0.25) is 0 Å². The summed E-state index contributed by atoms with van der Waals surface area (Å²) in [6.07, 6.45) is -0.784. The number of aliphatic hydroxyl groups is 1. The molecular formula is C11H15NO3S. The van der Waals surface area contributed by atoms with Crippen LogP contribution in [-0.2, 0) is 16.4 Å². The summed E-state index contributed by atoms with van der Waals surface area (Å²) in [5.74, 6) is -0.0968. The molecule has 0 spiro atoms. The molecule has 4 nitrogen and oxygen atoms in total. The Morgan fingerprint density at radius 3 is 2.50 bits per heavy atom. The van der Waals surface area contributed by atoms with Gasteiger partial charge in [-0.3, -0.25) is 0 Å². The minimum absolute atomic E-state index is 0.0288. The topological polar surface area (TPSA) is 66.4 Å². The fourth-order valence-corrected chi connectivity index (χ4v) is 3.64. The lowest BCUT2D eigenvalue weighted by atomic mass is 10.2. The van der Waals surface area contributed by atoms with Gasteiger partial charge < -0.3 is 10.4 Å². The van der Waals surface area contributed by atoms with E-state index < -0.39 is 15.9 Å². The summed E-state index contributed by atoms with van der Waals surface area (Å²) in [4.78, 5) is 0. The van der Waals surface area contributed by atoms with Gasteiger partial charge in [-0.2, -0.15) is 0 Å². The highest BCUT2D eigenvalue weighted by Gasteiger charge is 2.35. The molecule has 0 aromatic heterocycles. The molecule has 0 amide bonds. The highest BCUT2D eigenvalue weighted by molar-refractivity contribution is 7.91. The highest BCUT2D eigenvalue weighted by atomic mass is 32.2. The van der Waals surface area contributed by atoms with Crippen LogP contribution in [0.15, 0.2) is 30.3 Å². The average Bonchev–Trinajstić information content (AvgIpc) is 2.50. The molecule has 1 aromatic rings. The maximum atomic E-state index is 11.3. The minimum Gasteiger partial charge on any atom is -0.390 e. The Bertz CT molecular complexity index is 444. The van der Waals surface area contributed by atoms with Gasteiger partial charge in [-0.25, -0.2) is 8.42 Å². The second kappa shape index (κ2) is 4.53. The monoisotopic (exact) mass is 241 g/mol. The molecule has 0 unspecified atom stereocenters. The average molecular weight is 241 g/mol. The summed E-state index contributed by atoms with van der Waals surface area (Å²) in [6, 6.07) is 9.37. The van der Waals surface area contributed by atoms with E-state index in [1.54, 1.807) is 0 Å². The normalized spacial score (nSPS) is 28.1. The first-order chi connectivity index (χ1) is 7.57. The molecule has 0 aliphatic carbocycles. The van der Waals surface area contributed by atoms with Crippen molar-refractivity contribution in [3.63, 3.8) is 0 Å². The molecule has 1 fully saturated rings. The van der Waals surface area contributed by atoms with Gasteiger partial charge >= 0.3 is 0 Å². The standard InChI is InChI=1S/C11H15NO3S/c13-11-8-16(14,15)7-10(11)12-6-9-4-2-1-3-5-9/h1-5,10-13H,6-8H2/t10-,11-/m1/s1. The van der Waals surface area contributed by atoms with Crippen molar-refractivity contribution >= 4 is 9.84 Å². The molecule has 2 rings (SSSR count). The predicted molar refractivity (Wildman–Crippen MR) is 61.7 cm³/mol. The number of hydrogen-bond donors (Lipinski definition) is 2. The van der Waals surface area contributed by atoms with Crippen molar-refractivity contribution in [2.75, 3.05) is 11.5 Å². The van der Waals surface area contributed by atoms with Crippen molar-refractivity contribution in [3.8, 4) is 0 Å². The SMILES string of the molecule is O=S1(=O)C[C@@H](O)[C@H](NCc2ccccc2)C1. The van der Waals surface area contributed by atoms with Crippen LogP contribution in [0.5, 0.6) is 0 Å². The molecule has 1 saturated heterocycles. The number of hydrogen-bond acceptors (Lipinski definition) is 4. The fraction of sp³-hybridized carbons (Fsp3) is 0.455. The van der Waals surface area contributed by atoms with E-state index in [1.165, 1.54) is 0 Å². The Morgan fingerprint density at radius 1 is 1.25 bits per heavy atom. The van der Waals surface area contributed by atoms with Crippen molar-refractivity contribution in [2.24, 2.45) is 0 Å². The Labute approximate surface area is 95.2 Å². The summed E-state index contributed by atoms with van der Waals surface area (Å²) < 4.78 is 22.5. The lowest BCUT2D eigenvalue weighted by Crippen LogP contribution is -2.38. The van der Waals surface area contributed by atoms with Gasteiger partial charge in [0.25, 0.3) is 0 Å². The maximum absolute atomic E-state index is 11.3. The Kier molecular flexibility index (Phi) is 3.28. The van der Waals surface area contributed by atoms with Gasteiger partial charge in [-0.15, -0.1) is 0 Å². The Balaban J connectivity index is 1.92. The van der Waals surface area contributed by atoms with Gasteiger partial charge in [-0.1, -0.05) is 30.3 Å². The number of sulfone groups is 1. The van der Waals surface area contributed by atoms with Crippen LogP contribution in [0.4, 0.5) is 0 Å². The van der Waals surface area contributed by atoms with Gasteiger partial charge in [0.1, 0.15) is 0 Å². The molecule has 0 bridgehead atoms. The first-order valence-corrected chi connectivity index (χ1v) is 7.05. The molecule has 2 N–H and O–H groups in total. The van der Waals surface area contributed by atoms with Crippen LogP contribution in [0.1, 0.15) is 5.56 Å². The van der Waals surface area contributed by atoms with Crippen molar-refractivity contribution in [2.45, 2.75) is 18.7 Å². The molecule has 1 aliphatic rings. The molecule has 5 heteroatoms. The lowest BCUT2D eigenvalue weighted by Gasteiger charge is -2.14. The largest absolute Gasteiger partial charge is 0.390 e. The molecule has 88 valence electrons. The van der Waals surface area contributed by atoms with Crippen LogP contribution in [0, 0.1) is 0 Å². The van der Waals surface area contributed by atoms with Crippen LogP contribution in [0.3, 0.4) is 0 Å². The summed E-state index contributed by atoms with van der Waals surface area (Å²) in [7, 11) is -3.06. The second-order valence-corrected chi connectivity index (χ2v) is 6.27. The molecule has 1 heterocycles. The summed E-state index contributed by atoms with van der Waals surface area (Å²) in [5.41, 5.74) is 1.08. The quantitative estimate of drug-likeness (QED) is 0.777. The minimum atomic E-state index is -3.06. The maximum Gasteiger partial charge on any atom is 0.154 e. The summed E-state index contributed by atoms with van der Waals surface area (Å²) >= 11 is 0. The van der Waals surface area contributed by atoms with Crippen LogP contribution in [0.25, 0.3) is 0 Å².